The van der Waals surface area contributed by atoms with Crippen LogP contribution in [0, 0.1) is 0 Å². The molecule has 0 aliphatic rings. The molecule has 0 N–H and O–H groups in total. The van der Waals surface area contributed by atoms with Gasteiger partial charge in [0.1, 0.15) is 5.75 Å². The zero-order valence-electron chi connectivity index (χ0n) is 10.9. The van der Waals surface area contributed by atoms with E-state index in [0.717, 1.165) is 0 Å². The number of hydrogen-bond donors (Lipinski definition) is 0. The Morgan fingerprint density at radius 3 is 2.38 bits per heavy atom. The molecule has 0 fully saturated rings. The summed E-state index contributed by atoms with van der Waals surface area (Å²) in [5.74, 6) is 0.0790. The molecule has 2 rings (SSSR count). The van der Waals surface area contributed by atoms with Crippen molar-refractivity contribution in [3.8, 4) is 5.75 Å². The van der Waals surface area contributed by atoms with Crippen LogP contribution in [0.4, 0.5) is 0 Å². The summed E-state index contributed by atoms with van der Waals surface area (Å²) in [5.41, 5.74) is 0.514. The van der Waals surface area contributed by atoms with Crippen LogP contribution in [0.1, 0.15) is 22.8 Å². The average molecular weight is 364 g/mol. The van der Waals surface area contributed by atoms with E-state index >= 15 is 0 Å². The summed E-state index contributed by atoms with van der Waals surface area (Å²) in [6, 6.07) is 7.81. The predicted molar refractivity (Wildman–Crippen MR) is 87.5 cm³/mol. The molecule has 0 aliphatic heterocycles. The number of hydrogen-bond acceptors (Lipinski definition) is 2. The first kappa shape index (κ1) is 16.4. The smallest absolute Gasteiger partial charge is 0.196 e. The molecule has 21 heavy (non-hydrogen) atoms. The van der Waals surface area contributed by atoms with Crippen LogP contribution >= 0.6 is 46.4 Å². The van der Waals surface area contributed by atoms with E-state index in [9.17, 15) is 4.79 Å². The van der Waals surface area contributed by atoms with Crippen molar-refractivity contribution in [1.29, 1.82) is 0 Å². The summed E-state index contributed by atoms with van der Waals surface area (Å²) in [6.45, 7) is 2.28. The van der Waals surface area contributed by atoms with Crippen LogP contribution in [0.15, 0.2) is 30.3 Å². The van der Waals surface area contributed by atoms with Gasteiger partial charge in [-0.05, 0) is 25.1 Å². The summed E-state index contributed by atoms with van der Waals surface area (Å²) in [6.07, 6.45) is 0. The van der Waals surface area contributed by atoms with Gasteiger partial charge in [0, 0.05) is 17.2 Å². The normalized spacial score (nSPS) is 10.5. The van der Waals surface area contributed by atoms with Crippen molar-refractivity contribution in [2.45, 2.75) is 6.92 Å². The van der Waals surface area contributed by atoms with E-state index in [1.165, 1.54) is 12.1 Å². The molecule has 0 radical (unpaired) electrons. The molecule has 2 aromatic carbocycles. The molecule has 0 unspecified atom stereocenters. The van der Waals surface area contributed by atoms with Crippen molar-refractivity contribution in [2.75, 3.05) is 6.61 Å². The third kappa shape index (κ3) is 3.46. The van der Waals surface area contributed by atoms with Gasteiger partial charge in [0.25, 0.3) is 0 Å². The van der Waals surface area contributed by atoms with Crippen LogP contribution in [0.25, 0.3) is 0 Å². The molecule has 0 aromatic heterocycles. The van der Waals surface area contributed by atoms with Gasteiger partial charge < -0.3 is 4.74 Å². The minimum absolute atomic E-state index is 0.185. The maximum Gasteiger partial charge on any atom is 0.196 e. The minimum Gasteiger partial charge on any atom is -0.492 e. The van der Waals surface area contributed by atoms with Gasteiger partial charge in [-0.2, -0.15) is 0 Å². The Morgan fingerprint density at radius 2 is 1.71 bits per heavy atom. The summed E-state index contributed by atoms with van der Waals surface area (Å²) < 4.78 is 5.33. The first-order valence-electron chi connectivity index (χ1n) is 6.06. The summed E-state index contributed by atoms with van der Waals surface area (Å²) in [7, 11) is 0. The quantitative estimate of drug-likeness (QED) is 0.629. The number of rotatable bonds is 4. The maximum atomic E-state index is 12.5. The highest BCUT2D eigenvalue weighted by Crippen LogP contribution is 2.34. The van der Waals surface area contributed by atoms with E-state index in [2.05, 4.69) is 0 Å². The summed E-state index contributed by atoms with van der Waals surface area (Å²) in [5, 5.41) is 1.03. The highest BCUT2D eigenvalue weighted by molar-refractivity contribution is 6.45. The lowest BCUT2D eigenvalue weighted by Crippen LogP contribution is -2.04. The van der Waals surface area contributed by atoms with Gasteiger partial charge in [0.15, 0.2) is 5.78 Å². The van der Waals surface area contributed by atoms with Gasteiger partial charge >= 0.3 is 0 Å². The highest BCUT2D eigenvalue weighted by Gasteiger charge is 2.19. The zero-order chi connectivity index (χ0) is 15.6. The van der Waals surface area contributed by atoms with Crippen LogP contribution in [-0.4, -0.2) is 12.4 Å². The minimum atomic E-state index is -0.350. The second-order valence-corrected chi connectivity index (χ2v) is 5.73. The van der Waals surface area contributed by atoms with Gasteiger partial charge in [-0.1, -0.05) is 52.5 Å². The largest absolute Gasteiger partial charge is 0.492 e. The van der Waals surface area contributed by atoms with Crippen LogP contribution in [-0.2, 0) is 0 Å². The molecule has 0 amide bonds. The van der Waals surface area contributed by atoms with Crippen molar-refractivity contribution < 1.29 is 9.53 Å². The molecular weight excluding hydrogens is 354 g/mol. The van der Waals surface area contributed by atoms with Crippen LogP contribution in [0.2, 0.25) is 20.1 Å². The Morgan fingerprint density at radius 1 is 1.00 bits per heavy atom. The number of ketones is 1. The number of carbonyl (C=O) groups excluding carboxylic acids is 1. The molecule has 0 spiro atoms. The van der Waals surface area contributed by atoms with Gasteiger partial charge in [0.2, 0.25) is 0 Å². The molecular formula is C15H10Cl4O2. The molecule has 0 atom stereocenters. The average Bonchev–Trinajstić information content (AvgIpc) is 2.45. The highest BCUT2D eigenvalue weighted by atomic mass is 35.5. The van der Waals surface area contributed by atoms with Gasteiger partial charge in [0.05, 0.1) is 26.7 Å². The number of benzene rings is 2. The van der Waals surface area contributed by atoms with Crippen molar-refractivity contribution in [1.82, 2.24) is 0 Å². The Kier molecular flexibility index (Phi) is 5.39. The third-order valence-corrected chi connectivity index (χ3v) is 4.19. The fraction of sp³-hybridized carbons (Fsp3) is 0.133. The van der Waals surface area contributed by atoms with Gasteiger partial charge in [-0.25, -0.2) is 0 Å². The predicted octanol–water partition coefficient (Wildman–Crippen LogP) is 5.93. The lowest BCUT2D eigenvalue weighted by atomic mass is 10.0. The van der Waals surface area contributed by atoms with E-state index in [-0.39, 0.29) is 27.0 Å². The number of carbonyl (C=O) groups is 1. The Hall–Kier alpha value is -0.930. The van der Waals surface area contributed by atoms with E-state index < -0.39 is 0 Å². The molecule has 110 valence electrons. The molecule has 6 heteroatoms. The third-order valence-electron chi connectivity index (χ3n) is 2.76. The lowest BCUT2D eigenvalue weighted by molar-refractivity contribution is 0.103. The molecule has 2 aromatic rings. The number of ether oxygens (including phenoxy) is 1. The van der Waals surface area contributed by atoms with Crippen LogP contribution in [0.5, 0.6) is 5.75 Å². The Labute approximate surface area is 142 Å². The van der Waals surface area contributed by atoms with Gasteiger partial charge in [-0.3, -0.25) is 4.79 Å². The van der Waals surface area contributed by atoms with E-state index in [0.29, 0.717) is 22.4 Å². The van der Waals surface area contributed by atoms with Crippen molar-refractivity contribution in [3.05, 3.63) is 61.5 Å². The summed E-state index contributed by atoms with van der Waals surface area (Å²) >= 11 is 24.2. The fourth-order valence-electron chi connectivity index (χ4n) is 1.79. The standard InChI is InChI=1S/C15H10Cl4O2/c1-2-21-13-7-11(17)9(6-12(13)18)15(20)8-4-3-5-10(16)14(8)19/h3-7H,2H2,1H3. The van der Waals surface area contributed by atoms with Crippen LogP contribution in [0.3, 0.4) is 0 Å². The Balaban J connectivity index is 2.49. The summed E-state index contributed by atoms with van der Waals surface area (Å²) in [4.78, 5) is 12.5. The second-order valence-electron chi connectivity index (χ2n) is 4.13. The second kappa shape index (κ2) is 6.89. The monoisotopic (exact) mass is 362 g/mol. The molecule has 0 saturated heterocycles. The SMILES string of the molecule is CCOc1cc(Cl)c(C(=O)c2cccc(Cl)c2Cl)cc1Cl. The lowest BCUT2D eigenvalue weighted by Gasteiger charge is -2.10. The van der Waals surface area contributed by atoms with Crippen molar-refractivity contribution in [2.24, 2.45) is 0 Å². The first-order chi connectivity index (χ1) is 9.95. The molecule has 0 bridgehead atoms. The van der Waals surface area contributed by atoms with E-state index in [4.69, 9.17) is 51.1 Å². The maximum absolute atomic E-state index is 12.5. The first-order valence-corrected chi connectivity index (χ1v) is 7.57. The molecule has 0 saturated carbocycles. The van der Waals surface area contributed by atoms with Crippen LogP contribution < -0.4 is 4.74 Å². The number of halogens is 4. The molecule has 0 aliphatic carbocycles. The Bertz CT molecular complexity index is 698. The van der Waals surface area contributed by atoms with Crippen molar-refractivity contribution >= 4 is 52.2 Å². The zero-order valence-corrected chi connectivity index (χ0v) is 13.9. The molecule has 2 nitrogen and oxygen atoms in total. The topological polar surface area (TPSA) is 26.3 Å². The van der Waals surface area contributed by atoms with E-state index in [1.807, 2.05) is 6.92 Å². The fourth-order valence-corrected chi connectivity index (χ4v) is 2.64. The van der Waals surface area contributed by atoms with E-state index in [1.54, 1.807) is 18.2 Å². The van der Waals surface area contributed by atoms with Gasteiger partial charge in [-0.15, -0.1) is 0 Å². The van der Waals surface area contributed by atoms with Crippen molar-refractivity contribution in [3.63, 3.8) is 0 Å². The molecule has 0 heterocycles.